The zero-order valence-electron chi connectivity index (χ0n) is 13.4. The summed E-state index contributed by atoms with van der Waals surface area (Å²) >= 11 is 0. The Kier molecular flexibility index (Phi) is 7.86. The van der Waals surface area contributed by atoms with Crippen molar-refractivity contribution in [2.75, 3.05) is 0 Å². The number of benzene rings is 1. The molecule has 0 bridgehead atoms. The van der Waals surface area contributed by atoms with Crippen LogP contribution >= 0.6 is 0 Å². The van der Waals surface area contributed by atoms with Gasteiger partial charge in [0.25, 0.3) is 0 Å². The molecule has 1 aromatic rings. The lowest BCUT2D eigenvalue weighted by Gasteiger charge is -2.21. The van der Waals surface area contributed by atoms with Crippen LogP contribution < -0.4 is 0 Å². The Morgan fingerprint density at radius 2 is 1.50 bits per heavy atom. The molecule has 0 aliphatic heterocycles. The van der Waals surface area contributed by atoms with Crippen LogP contribution in [0.25, 0.3) is 0 Å². The van der Waals surface area contributed by atoms with Crippen molar-refractivity contribution in [2.45, 2.75) is 65.8 Å². The van der Waals surface area contributed by atoms with Crippen molar-refractivity contribution in [2.24, 2.45) is 11.8 Å². The second-order valence-corrected chi connectivity index (χ2v) is 6.37. The molecule has 0 saturated carbocycles. The van der Waals surface area contributed by atoms with Gasteiger partial charge in [-0.1, -0.05) is 44.2 Å². The van der Waals surface area contributed by atoms with Crippen LogP contribution in [-0.4, -0.2) is 17.3 Å². The van der Waals surface area contributed by atoms with E-state index in [1.54, 1.807) is 0 Å². The van der Waals surface area contributed by atoms with E-state index in [0.29, 0.717) is 18.4 Å². The summed E-state index contributed by atoms with van der Waals surface area (Å²) in [6, 6.07) is 10.3. The van der Waals surface area contributed by atoms with Crippen LogP contribution in [0.1, 0.15) is 52.5 Å². The fourth-order valence-corrected chi connectivity index (χ4v) is 2.91. The Bertz CT molecular complexity index is 348. The highest BCUT2D eigenvalue weighted by Crippen LogP contribution is 2.21. The van der Waals surface area contributed by atoms with E-state index in [-0.39, 0.29) is 12.2 Å². The maximum absolute atomic E-state index is 9.40. The summed E-state index contributed by atoms with van der Waals surface area (Å²) in [6.07, 6.45) is 3.22. The van der Waals surface area contributed by atoms with Crippen LogP contribution in [0, 0.1) is 11.8 Å². The summed E-state index contributed by atoms with van der Waals surface area (Å²) in [5.74, 6) is 1.21. The molecular formula is C18H30O2. The van der Waals surface area contributed by atoms with Gasteiger partial charge < -0.3 is 9.84 Å². The van der Waals surface area contributed by atoms with Crippen molar-refractivity contribution < 1.29 is 9.84 Å². The van der Waals surface area contributed by atoms with Crippen LogP contribution in [0.3, 0.4) is 0 Å². The minimum atomic E-state index is -0.191. The number of rotatable bonds is 9. The largest absolute Gasteiger partial charge is 0.393 e. The monoisotopic (exact) mass is 278 g/mol. The molecule has 2 heteroatoms. The molecule has 0 heterocycles. The molecule has 4 atom stereocenters. The molecule has 114 valence electrons. The quantitative estimate of drug-likeness (QED) is 0.724. The highest BCUT2D eigenvalue weighted by atomic mass is 16.5. The Hall–Kier alpha value is -0.860. The lowest BCUT2D eigenvalue weighted by molar-refractivity contribution is 0.0352. The third kappa shape index (κ3) is 7.66. The summed E-state index contributed by atoms with van der Waals surface area (Å²) in [6.45, 7) is 9.21. The van der Waals surface area contributed by atoms with Crippen molar-refractivity contribution in [3.05, 3.63) is 35.9 Å². The minimum Gasteiger partial charge on any atom is -0.393 e. The third-order valence-electron chi connectivity index (χ3n) is 3.66. The fraction of sp³-hybridized carbons (Fsp3) is 0.667. The van der Waals surface area contributed by atoms with Crippen LogP contribution in [0.2, 0.25) is 0 Å². The molecule has 2 nitrogen and oxygen atoms in total. The Balaban J connectivity index is 2.22. The standard InChI is InChI=1S/C18H30O2/c1-14(11-16(3)19)10-15(2)12-17(4)20-13-18-8-6-5-7-9-18/h5-9,14-17,19H,10-13H2,1-4H3/t14-,15+,16+,17+/m0/s1. The van der Waals surface area contributed by atoms with Gasteiger partial charge in [-0.05, 0) is 50.5 Å². The number of ether oxygens (including phenoxy) is 1. The van der Waals surface area contributed by atoms with Crippen LogP contribution in [0.5, 0.6) is 0 Å². The van der Waals surface area contributed by atoms with Gasteiger partial charge in [0.1, 0.15) is 0 Å². The first-order chi connectivity index (χ1) is 9.47. The maximum atomic E-state index is 9.40. The number of aliphatic hydroxyl groups is 1. The maximum Gasteiger partial charge on any atom is 0.0720 e. The first-order valence-electron chi connectivity index (χ1n) is 7.81. The van der Waals surface area contributed by atoms with E-state index < -0.39 is 0 Å². The predicted molar refractivity (Wildman–Crippen MR) is 84.6 cm³/mol. The summed E-state index contributed by atoms with van der Waals surface area (Å²) < 4.78 is 5.91. The smallest absolute Gasteiger partial charge is 0.0720 e. The van der Waals surface area contributed by atoms with Gasteiger partial charge >= 0.3 is 0 Å². The second kappa shape index (κ2) is 9.15. The Labute approximate surface area is 124 Å². The molecule has 0 aromatic heterocycles. The fourth-order valence-electron chi connectivity index (χ4n) is 2.91. The van der Waals surface area contributed by atoms with Gasteiger partial charge in [-0.3, -0.25) is 0 Å². The zero-order valence-corrected chi connectivity index (χ0v) is 13.4. The summed E-state index contributed by atoms with van der Waals surface area (Å²) in [5.41, 5.74) is 1.23. The van der Waals surface area contributed by atoms with Crippen LogP contribution in [0.4, 0.5) is 0 Å². The van der Waals surface area contributed by atoms with Crippen molar-refractivity contribution in [3.8, 4) is 0 Å². The first-order valence-corrected chi connectivity index (χ1v) is 7.81. The van der Waals surface area contributed by atoms with E-state index in [4.69, 9.17) is 4.74 Å². The van der Waals surface area contributed by atoms with Crippen molar-refractivity contribution >= 4 is 0 Å². The predicted octanol–water partition coefficient (Wildman–Crippen LogP) is 4.42. The molecule has 1 N–H and O–H groups in total. The molecule has 1 rings (SSSR count). The molecule has 0 spiro atoms. The van der Waals surface area contributed by atoms with Crippen molar-refractivity contribution in [3.63, 3.8) is 0 Å². The number of aliphatic hydroxyl groups excluding tert-OH is 1. The molecule has 0 fully saturated rings. The molecule has 0 unspecified atom stereocenters. The Morgan fingerprint density at radius 1 is 0.900 bits per heavy atom. The topological polar surface area (TPSA) is 29.5 Å². The summed E-state index contributed by atoms with van der Waals surface area (Å²) in [7, 11) is 0. The first kappa shape index (κ1) is 17.2. The summed E-state index contributed by atoms with van der Waals surface area (Å²) in [4.78, 5) is 0. The molecule has 0 aliphatic carbocycles. The van der Waals surface area contributed by atoms with Gasteiger partial charge in [-0.2, -0.15) is 0 Å². The number of hydrogen-bond acceptors (Lipinski definition) is 2. The SMILES string of the molecule is C[C@H](C[C@H](C)C[C@@H](C)O)C[C@@H](C)OCc1ccccc1. The highest BCUT2D eigenvalue weighted by molar-refractivity contribution is 5.13. The van der Waals surface area contributed by atoms with Gasteiger partial charge in [0.15, 0.2) is 0 Å². The molecule has 0 radical (unpaired) electrons. The lowest BCUT2D eigenvalue weighted by Crippen LogP contribution is -2.16. The number of hydrogen-bond donors (Lipinski definition) is 1. The molecule has 0 aliphatic rings. The van der Waals surface area contributed by atoms with E-state index >= 15 is 0 Å². The molecular weight excluding hydrogens is 248 g/mol. The van der Waals surface area contributed by atoms with E-state index in [9.17, 15) is 5.11 Å². The lowest BCUT2D eigenvalue weighted by atomic mass is 9.90. The zero-order chi connectivity index (χ0) is 15.0. The normalized spacial score (nSPS) is 17.4. The van der Waals surface area contributed by atoms with E-state index in [1.807, 2.05) is 25.1 Å². The van der Waals surface area contributed by atoms with Crippen LogP contribution in [0.15, 0.2) is 30.3 Å². The highest BCUT2D eigenvalue weighted by Gasteiger charge is 2.14. The van der Waals surface area contributed by atoms with Crippen molar-refractivity contribution in [1.82, 2.24) is 0 Å². The van der Waals surface area contributed by atoms with Gasteiger partial charge in [0.05, 0.1) is 18.8 Å². The van der Waals surface area contributed by atoms with Crippen LogP contribution in [-0.2, 0) is 11.3 Å². The average Bonchev–Trinajstić information content (AvgIpc) is 2.36. The second-order valence-electron chi connectivity index (χ2n) is 6.37. The minimum absolute atomic E-state index is 0.191. The van der Waals surface area contributed by atoms with Gasteiger partial charge in [-0.15, -0.1) is 0 Å². The van der Waals surface area contributed by atoms with Crippen molar-refractivity contribution in [1.29, 1.82) is 0 Å². The third-order valence-corrected chi connectivity index (χ3v) is 3.66. The molecule has 20 heavy (non-hydrogen) atoms. The molecule has 0 amide bonds. The molecule has 0 saturated heterocycles. The summed E-state index contributed by atoms with van der Waals surface area (Å²) in [5, 5.41) is 9.40. The van der Waals surface area contributed by atoms with E-state index in [1.165, 1.54) is 5.56 Å². The Morgan fingerprint density at radius 3 is 2.10 bits per heavy atom. The van der Waals surface area contributed by atoms with E-state index in [0.717, 1.165) is 19.3 Å². The molecule has 1 aromatic carbocycles. The van der Waals surface area contributed by atoms with E-state index in [2.05, 4.69) is 32.9 Å². The van der Waals surface area contributed by atoms with Gasteiger partial charge in [-0.25, -0.2) is 0 Å². The van der Waals surface area contributed by atoms with Gasteiger partial charge in [0, 0.05) is 0 Å². The average molecular weight is 278 g/mol. The van der Waals surface area contributed by atoms with Gasteiger partial charge in [0.2, 0.25) is 0 Å².